The van der Waals surface area contributed by atoms with Crippen LogP contribution in [-0.4, -0.2) is 5.78 Å². The highest BCUT2D eigenvalue weighted by atomic mass is 16.1. The molecule has 0 amide bonds. The van der Waals surface area contributed by atoms with E-state index in [1.807, 2.05) is 6.07 Å². The zero-order chi connectivity index (χ0) is 11.8. The molecule has 0 bridgehead atoms. The molecule has 0 atom stereocenters. The number of hydrogen-bond donors (Lipinski definition) is 0. The summed E-state index contributed by atoms with van der Waals surface area (Å²) >= 11 is 0. The fourth-order valence-corrected chi connectivity index (χ4v) is 2.66. The molecule has 17 heavy (non-hydrogen) atoms. The molecule has 0 unspecified atom stereocenters. The fraction of sp³-hybridized carbons (Fsp3) is 0.438. The standard InChI is InChI=1S/C16H18O/c1-11(17)14-8-9-15(12-4-2-5-12)16(10-14)13-6-3-7-13/h6,8-10,12H,2-5,7H2,1H3. The molecule has 0 saturated heterocycles. The second-order valence-corrected chi connectivity index (χ2v) is 5.25. The Morgan fingerprint density at radius 3 is 2.53 bits per heavy atom. The number of allylic oxidation sites excluding steroid dienone is 2. The molecule has 0 heterocycles. The van der Waals surface area contributed by atoms with Crippen molar-refractivity contribution in [1.29, 1.82) is 0 Å². The molecule has 3 rings (SSSR count). The molecule has 1 heteroatoms. The zero-order valence-electron chi connectivity index (χ0n) is 10.3. The molecule has 2 aliphatic rings. The highest BCUT2D eigenvalue weighted by Crippen LogP contribution is 2.42. The first-order valence-electron chi connectivity index (χ1n) is 6.60. The average Bonchev–Trinajstić information content (AvgIpc) is 2.14. The molecule has 1 nitrogen and oxygen atoms in total. The van der Waals surface area contributed by atoms with Crippen LogP contribution in [0.15, 0.2) is 24.3 Å². The number of benzene rings is 1. The van der Waals surface area contributed by atoms with Crippen LogP contribution >= 0.6 is 0 Å². The van der Waals surface area contributed by atoms with Gasteiger partial charge >= 0.3 is 0 Å². The molecule has 2 aliphatic carbocycles. The molecular formula is C16H18O. The van der Waals surface area contributed by atoms with Crippen LogP contribution in [0.3, 0.4) is 0 Å². The third kappa shape index (κ3) is 1.84. The van der Waals surface area contributed by atoms with Gasteiger partial charge < -0.3 is 0 Å². The van der Waals surface area contributed by atoms with Gasteiger partial charge in [-0.25, -0.2) is 0 Å². The lowest BCUT2D eigenvalue weighted by molar-refractivity contribution is 0.101. The topological polar surface area (TPSA) is 17.1 Å². The molecule has 0 spiro atoms. The first-order chi connectivity index (χ1) is 8.25. The maximum atomic E-state index is 11.5. The van der Waals surface area contributed by atoms with E-state index >= 15 is 0 Å². The van der Waals surface area contributed by atoms with E-state index in [4.69, 9.17) is 0 Å². The summed E-state index contributed by atoms with van der Waals surface area (Å²) < 4.78 is 0. The van der Waals surface area contributed by atoms with Gasteiger partial charge in [-0.15, -0.1) is 0 Å². The second kappa shape index (κ2) is 4.14. The number of rotatable bonds is 3. The molecule has 0 aliphatic heterocycles. The van der Waals surface area contributed by atoms with Gasteiger partial charge in [-0.3, -0.25) is 4.79 Å². The van der Waals surface area contributed by atoms with Crippen molar-refractivity contribution in [2.24, 2.45) is 0 Å². The first-order valence-corrected chi connectivity index (χ1v) is 6.60. The van der Waals surface area contributed by atoms with Crippen molar-refractivity contribution in [2.45, 2.75) is 44.9 Å². The van der Waals surface area contributed by atoms with Crippen LogP contribution in [0, 0.1) is 0 Å². The summed E-state index contributed by atoms with van der Waals surface area (Å²) in [4.78, 5) is 11.5. The van der Waals surface area contributed by atoms with Crippen molar-refractivity contribution in [3.63, 3.8) is 0 Å². The van der Waals surface area contributed by atoms with Gasteiger partial charge in [0.25, 0.3) is 0 Å². The van der Waals surface area contributed by atoms with E-state index in [1.165, 1.54) is 48.8 Å². The molecule has 0 N–H and O–H groups in total. The maximum absolute atomic E-state index is 11.5. The minimum Gasteiger partial charge on any atom is -0.295 e. The smallest absolute Gasteiger partial charge is 0.159 e. The highest BCUT2D eigenvalue weighted by Gasteiger charge is 2.24. The first kappa shape index (κ1) is 10.8. The number of Topliss-reactive ketones (excluding diaryl/α,β-unsaturated/α-hetero) is 1. The van der Waals surface area contributed by atoms with E-state index in [1.54, 1.807) is 6.92 Å². The van der Waals surface area contributed by atoms with E-state index < -0.39 is 0 Å². The Balaban J connectivity index is 2.04. The Bertz CT molecular complexity index is 492. The quantitative estimate of drug-likeness (QED) is 0.701. The Labute approximate surface area is 103 Å². The lowest BCUT2D eigenvalue weighted by Gasteiger charge is -2.30. The normalized spacial score (nSPS) is 19.2. The summed E-state index contributed by atoms with van der Waals surface area (Å²) in [5.41, 5.74) is 5.15. The van der Waals surface area contributed by atoms with Gasteiger partial charge in [0.05, 0.1) is 0 Å². The third-order valence-corrected chi connectivity index (χ3v) is 4.16. The van der Waals surface area contributed by atoms with Gasteiger partial charge in [-0.1, -0.05) is 24.6 Å². The SMILES string of the molecule is CC(=O)c1ccc(C2CCC2)c(C2=CCC2)c1. The monoisotopic (exact) mass is 226 g/mol. The van der Waals surface area contributed by atoms with Gasteiger partial charge in [0, 0.05) is 5.56 Å². The molecule has 88 valence electrons. The summed E-state index contributed by atoms with van der Waals surface area (Å²) in [6.45, 7) is 1.65. The molecule has 0 aromatic heterocycles. The van der Waals surface area contributed by atoms with E-state index in [0.717, 1.165) is 11.5 Å². The minimum atomic E-state index is 0.173. The Kier molecular flexibility index (Phi) is 2.62. The Morgan fingerprint density at radius 1 is 1.29 bits per heavy atom. The number of carbonyl (C=O) groups is 1. The second-order valence-electron chi connectivity index (χ2n) is 5.25. The maximum Gasteiger partial charge on any atom is 0.159 e. The summed E-state index contributed by atoms with van der Waals surface area (Å²) in [5, 5.41) is 0. The van der Waals surface area contributed by atoms with E-state index in [-0.39, 0.29) is 5.78 Å². The average molecular weight is 226 g/mol. The van der Waals surface area contributed by atoms with Crippen LogP contribution in [0.5, 0.6) is 0 Å². The molecule has 1 saturated carbocycles. The Hall–Kier alpha value is -1.37. The largest absolute Gasteiger partial charge is 0.295 e. The summed E-state index contributed by atoms with van der Waals surface area (Å²) in [7, 11) is 0. The fourth-order valence-electron chi connectivity index (χ4n) is 2.66. The Morgan fingerprint density at radius 2 is 2.06 bits per heavy atom. The molecule has 1 fully saturated rings. The summed E-state index contributed by atoms with van der Waals surface area (Å²) in [6.07, 6.45) is 8.68. The van der Waals surface area contributed by atoms with Gasteiger partial charge in [0.15, 0.2) is 5.78 Å². The van der Waals surface area contributed by atoms with Crippen molar-refractivity contribution < 1.29 is 4.79 Å². The van der Waals surface area contributed by atoms with Crippen LogP contribution in [0.4, 0.5) is 0 Å². The van der Waals surface area contributed by atoms with Crippen LogP contribution in [0.2, 0.25) is 0 Å². The van der Waals surface area contributed by atoms with E-state index in [0.29, 0.717) is 0 Å². The van der Waals surface area contributed by atoms with Crippen LogP contribution in [0.1, 0.15) is 66.4 Å². The minimum absolute atomic E-state index is 0.173. The van der Waals surface area contributed by atoms with Crippen molar-refractivity contribution >= 4 is 11.4 Å². The van der Waals surface area contributed by atoms with Gasteiger partial charge in [0.1, 0.15) is 0 Å². The number of carbonyl (C=O) groups excluding carboxylic acids is 1. The predicted molar refractivity (Wildman–Crippen MR) is 70.2 cm³/mol. The van der Waals surface area contributed by atoms with Crippen molar-refractivity contribution in [3.05, 3.63) is 41.0 Å². The molecule has 1 aromatic rings. The number of ketones is 1. The number of hydrogen-bond acceptors (Lipinski definition) is 1. The zero-order valence-corrected chi connectivity index (χ0v) is 10.3. The van der Waals surface area contributed by atoms with Crippen molar-refractivity contribution in [3.8, 4) is 0 Å². The van der Waals surface area contributed by atoms with Gasteiger partial charge in [-0.05, 0) is 61.3 Å². The summed E-state index contributed by atoms with van der Waals surface area (Å²) in [5.74, 6) is 0.916. The summed E-state index contributed by atoms with van der Waals surface area (Å²) in [6, 6.07) is 6.30. The van der Waals surface area contributed by atoms with Crippen LogP contribution < -0.4 is 0 Å². The molecule has 0 radical (unpaired) electrons. The van der Waals surface area contributed by atoms with E-state index in [9.17, 15) is 4.79 Å². The van der Waals surface area contributed by atoms with Crippen molar-refractivity contribution in [1.82, 2.24) is 0 Å². The van der Waals surface area contributed by atoms with Crippen molar-refractivity contribution in [2.75, 3.05) is 0 Å². The van der Waals surface area contributed by atoms with Crippen LogP contribution in [-0.2, 0) is 0 Å². The highest BCUT2D eigenvalue weighted by molar-refractivity contribution is 5.95. The molecule has 1 aromatic carbocycles. The predicted octanol–water partition coefficient (Wildman–Crippen LogP) is 4.33. The van der Waals surface area contributed by atoms with Gasteiger partial charge in [-0.2, -0.15) is 0 Å². The lowest BCUT2D eigenvalue weighted by Crippen LogP contribution is -2.12. The third-order valence-electron chi connectivity index (χ3n) is 4.16. The van der Waals surface area contributed by atoms with E-state index in [2.05, 4.69) is 18.2 Å². The lowest BCUT2D eigenvalue weighted by atomic mass is 9.75. The van der Waals surface area contributed by atoms with Crippen LogP contribution in [0.25, 0.3) is 5.57 Å². The molecular weight excluding hydrogens is 208 g/mol. The van der Waals surface area contributed by atoms with Gasteiger partial charge in [0.2, 0.25) is 0 Å².